The lowest BCUT2D eigenvalue weighted by molar-refractivity contribution is 0.0530. The molecule has 0 bridgehead atoms. The number of benzene rings is 1. The van der Waals surface area contributed by atoms with Gasteiger partial charge in [0, 0.05) is 18.8 Å². The van der Waals surface area contributed by atoms with Crippen molar-refractivity contribution in [3.8, 4) is 0 Å². The number of esters is 1. The smallest absolute Gasteiger partial charge is 0.419 e. The molecule has 23 heavy (non-hydrogen) atoms. The summed E-state index contributed by atoms with van der Waals surface area (Å²) in [6.07, 6.45) is 3.03. The summed E-state index contributed by atoms with van der Waals surface area (Å²) in [7, 11) is 1.34. The first-order valence-electron chi connectivity index (χ1n) is 7.23. The first-order valence-corrected chi connectivity index (χ1v) is 7.23. The van der Waals surface area contributed by atoms with E-state index >= 15 is 0 Å². The molecule has 0 unspecified atom stereocenters. The van der Waals surface area contributed by atoms with Gasteiger partial charge in [0.2, 0.25) is 0 Å². The van der Waals surface area contributed by atoms with Gasteiger partial charge in [-0.05, 0) is 38.5 Å². The van der Waals surface area contributed by atoms with E-state index in [4.69, 9.17) is 9.47 Å². The Morgan fingerprint density at radius 1 is 1.26 bits per heavy atom. The number of methoxy groups -OCH3 is 1. The minimum atomic E-state index is -0.580. The molecule has 6 heteroatoms. The Bertz CT molecular complexity index is 713. The molecule has 0 aliphatic heterocycles. The molecule has 6 nitrogen and oxygen atoms in total. The van der Waals surface area contributed by atoms with Crippen LogP contribution in [0.1, 0.15) is 42.5 Å². The van der Waals surface area contributed by atoms with Gasteiger partial charge in [0.1, 0.15) is 11.4 Å². The van der Waals surface area contributed by atoms with Gasteiger partial charge in [-0.15, -0.1) is 0 Å². The van der Waals surface area contributed by atoms with Crippen LogP contribution in [0, 0.1) is 0 Å². The van der Waals surface area contributed by atoms with Gasteiger partial charge in [-0.1, -0.05) is 12.1 Å². The molecule has 0 fully saturated rings. The number of ether oxygens (including phenoxy) is 2. The van der Waals surface area contributed by atoms with Gasteiger partial charge in [-0.25, -0.2) is 19.1 Å². The van der Waals surface area contributed by atoms with E-state index in [-0.39, 0.29) is 0 Å². The van der Waals surface area contributed by atoms with Crippen LogP contribution in [0.5, 0.6) is 0 Å². The van der Waals surface area contributed by atoms with Gasteiger partial charge < -0.3 is 9.47 Å². The van der Waals surface area contributed by atoms with Crippen molar-refractivity contribution in [1.82, 2.24) is 9.55 Å². The van der Waals surface area contributed by atoms with Crippen molar-refractivity contribution in [3.05, 3.63) is 53.6 Å². The molecule has 0 spiro atoms. The fourth-order valence-corrected chi connectivity index (χ4v) is 2.05. The number of hydrogen-bond acceptors (Lipinski definition) is 5. The van der Waals surface area contributed by atoms with E-state index in [0.717, 1.165) is 5.56 Å². The summed E-state index contributed by atoms with van der Waals surface area (Å²) in [4.78, 5) is 28.0. The lowest BCUT2D eigenvalue weighted by Crippen LogP contribution is -2.27. The average Bonchev–Trinajstić information content (AvgIpc) is 2.93. The van der Waals surface area contributed by atoms with E-state index in [1.807, 2.05) is 6.07 Å². The van der Waals surface area contributed by atoms with Gasteiger partial charge in [0.25, 0.3) is 0 Å². The second-order valence-electron chi connectivity index (χ2n) is 6.06. The van der Waals surface area contributed by atoms with Gasteiger partial charge in [-0.3, -0.25) is 0 Å². The van der Waals surface area contributed by atoms with Crippen LogP contribution in [-0.4, -0.2) is 34.3 Å². The maximum atomic E-state index is 12.2. The van der Waals surface area contributed by atoms with Gasteiger partial charge in [0.15, 0.2) is 0 Å². The fraction of sp³-hybridized carbons (Fsp3) is 0.353. The van der Waals surface area contributed by atoms with Crippen LogP contribution < -0.4 is 0 Å². The molecule has 0 saturated carbocycles. The van der Waals surface area contributed by atoms with E-state index in [1.54, 1.807) is 51.4 Å². The molecule has 122 valence electrons. The molecule has 1 heterocycles. The first-order chi connectivity index (χ1) is 10.8. The fourth-order valence-electron chi connectivity index (χ4n) is 2.05. The summed E-state index contributed by atoms with van der Waals surface area (Å²) < 4.78 is 11.4. The van der Waals surface area contributed by atoms with Crippen molar-refractivity contribution < 1.29 is 19.1 Å². The molecule has 0 atom stereocenters. The Labute approximate surface area is 135 Å². The maximum absolute atomic E-state index is 12.2. The SMILES string of the molecule is COC(=O)c1cccc(Cc2nccn2C(=O)OC(C)(C)C)c1. The largest absolute Gasteiger partial charge is 0.465 e. The number of aromatic nitrogens is 2. The minimum Gasteiger partial charge on any atom is -0.465 e. The van der Waals surface area contributed by atoms with Crippen LogP contribution >= 0.6 is 0 Å². The van der Waals surface area contributed by atoms with E-state index < -0.39 is 17.7 Å². The van der Waals surface area contributed by atoms with E-state index in [2.05, 4.69) is 4.98 Å². The summed E-state index contributed by atoms with van der Waals surface area (Å²) in [5.74, 6) is 0.142. The molecule has 0 aliphatic rings. The van der Waals surface area contributed by atoms with Crippen LogP contribution in [0.4, 0.5) is 4.79 Å². The van der Waals surface area contributed by atoms with Crippen molar-refractivity contribution in [1.29, 1.82) is 0 Å². The predicted molar refractivity (Wildman–Crippen MR) is 84.4 cm³/mol. The zero-order valence-corrected chi connectivity index (χ0v) is 13.7. The number of hydrogen-bond donors (Lipinski definition) is 0. The summed E-state index contributed by atoms with van der Waals surface area (Å²) in [5.41, 5.74) is 0.730. The standard InChI is InChI=1S/C17H20N2O4/c1-17(2,3)23-16(21)19-9-8-18-14(19)11-12-6-5-7-13(10-12)15(20)22-4/h5-10H,11H2,1-4H3. The molecule has 1 aromatic heterocycles. The van der Waals surface area contributed by atoms with E-state index in [1.165, 1.54) is 11.7 Å². The van der Waals surface area contributed by atoms with Crippen LogP contribution in [0.15, 0.2) is 36.7 Å². The summed E-state index contributed by atoms with van der Waals surface area (Å²) in [5, 5.41) is 0. The molecule has 1 aromatic carbocycles. The summed E-state index contributed by atoms with van der Waals surface area (Å²) >= 11 is 0. The Balaban J connectivity index is 2.21. The van der Waals surface area contributed by atoms with Crippen molar-refractivity contribution in [2.24, 2.45) is 0 Å². The third kappa shape index (κ3) is 4.42. The molecule has 0 radical (unpaired) electrons. The van der Waals surface area contributed by atoms with Crippen molar-refractivity contribution in [2.75, 3.05) is 7.11 Å². The zero-order valence-electron chi connectivity index (χ0n) is 13.7. The Hall–Kier alpha value is -2.63. The Morgan fingerprint density at radius 3 is 2.65 bits per heavy atom. The van der Waals surface area contributed by atoms with Crippen LogP contribution in [0.3, 0.4) is 0 Å². The molecule has 2 rings (SSSR count). The summed E-state index contributed by atoms with van der Waals surface area (Å²) in [6.45, 7) is 5.42. The number of nitrogens with zero attached hydrogens (tertiary/aromatic N) is 2. The normalized spacial score (nSPS) is 11.1. The Morgan fingerprint density at radius 2 is 2.00 bits per heavy atom. The molecule has 2 aromatic rings. The lowest BCUT2D eigenvalue weighted by Gasteiger charge is -2.20. The average molecular weight is 316 g/mol. The van der Waals surface area contributed by atoms with Crippen molar-refractivity contribution >= 4 is 12.1 Å². The highest BCUT2D eigenvalue weighted by molar-refractivity contribution is 5.89. The minimum absolute atomic E-state index is 0.400. The van der Waals surface area contributed by atoms with Crippen LogP contribution in [-0.2, 0) is 15.9 Å². The van der Waals surface area contributed by atoms with Gasteiger partial charge in [-0.2, -0.15) is 0 Å². The number of rotatable bonds is 3. The summed E-state index contributed by atoms with van der Waals surface area (Å²) in [6, 6.07) is 7.03. The zero-order chi connectivity index (χ0) is 17.0. The first kappa shape index (κ1) is 16.7. The molecule has 0 aliphatic carbocycles. The lowest BCUT2D eigenvalue weighted by atomic mass is 10.1. The number of carbonyl (C=O) groups is 2. The predicted octanol–water partition coefficient (Wildman–Crippen LogP) is 3.04. The third-order valence-corrected chi connectivity index (χ3v) is 3.02. The quantitative estimate of drug-likeness (QED) is 0.814. The second kappa shape index (κ2) is 6.64. The van der Waals surface area contributed by atoms with Crippen molar-refractivity contribution in [3.63, 3.8) is 0 Å². The highest BCUT2D eigenvalue weighted by Crippen LogP contribution is 2.14. The van der Waals surface area contributed by atoms with E-state index in [0.29, 0.717) is 17.8 Å². The highest BCUT2D eigenvalue weighted by Gasteiger charge is 2.20. The third-order valence-electron chi connectivity index (χ3n) is 3.02. The van der Waals surface area contributed by atoms with Gasteiger partial charge >= 0.3 is 12.1 Å². The highest BCUT2D eigenvalue weighted by atomic mass is 16.6. The molecule has 0 saturated heterocycles. The molecule has 0 amide bonds. The molecular formula is C17H20N2O4. The number of imidazole rings is 1. The van der Waals surface area contributed by atoms with E-state index in [9.17, 15) is 9.59 Å². The van der Waals surface area contributed by atoms with Gasteiger partial charge in [0.05, 0.1) is 12.7 Å². The van der Waals surface area contributed by atoms with Crippen LogP contribution in [0.25, 0.3) is 0 Å². The topological polar surface area (TPSA) is 70.4 Å². The monoisotopic (exact) mass is 316 g/mol. The van der Waals surface area contributed by atoms with Crippen molar-refractivity contribution in [2.45, 2.75) is 32.8 Å². The molecule has 0 N–H and O–H groups in total. The number of carbonyl (C=O) groups excluding carboxylic acids is 2. The maximum Gasteiger partial charge on any atom is 0.419 e. The van der Waals surface area contributed by atoms with Crippen LogP contribution in [0.2, 0.25) is 0 Å². The molecular weight excluding hydrogens is 296 g/mol. The second-order valence-corrected chi connectivity index (χ2v) is 6.06. The Kier molecular flexibility index (Phi) is 4.83.